The lowest BCUT2D eigenvalue weighted by Gasteiger charge is -2.31. The number of fused-ring (bicyclic) bond motifs is 1. The van der Waals surface area contributed by atoms with Gasteiger partial charge in [-0.3, -0.25) is 4.98 Å². The number of piperidine rings is 1. The van der Waals surface area contributed by atoms with Crippen LogP contribution in [0.3, 0.4) is 0 Å². The first-order valence-electron chi connectivity index (χ1n) is 10.9. The van der Waals surface area contributed by atoms with Gasteiger partial charge in [0.15, 0.2) is 0 Å². The zero-order chi connectivity index (χ0) is 20.0. The average Bonchev–Trinajstić information content (AvgIpc) is 3.53. The Hall–Kier alpha value is -2.46. The highest BCUT2D eigenvalue weighted by atomic mass is 15.1. The second kappa shape index (κ2) is 7.42. The van der Waals surface area contributed by atoms with Crippen LogP contribution in [0.4, 0.5) is 0 Å². The fraction of sp³-hybridized carbons (Fsp3) is 0.440. The molecule has 0 bridgehead atoms. The molecule has 150 valence electrons. The maximum Gasteiger partial charge on any atom is 0.0894 e. The number of aromatic nitrogens is 3. The summed E-state index contributed by atoms with van der Waals surface area (Å²) in [5, 5.41) is 0. The first-order valence-corrected chi connectivity index (χ1v) is 10.9. The molecular weight excluding hydrogens is 356 g/mol. The normalized spacial score (nSPS) is 18.9. The van der Waals surface area contributed by atoms with Crippen LogP contribution < -0.4 is 0 Å². The summed E-state index contributed by atoms with van der Waals surface area (Å²) in [5.74, 6) is 0.751. The van der Waals surface area contributed by atoms with Crippen molar-refractivity contribution in [1.29, 1.82) is 0 Å². The highest BCUT2D eigenvalue weighted by Gasteiger charge is 2.24. The molecule has 0 radical (unpaired) electrons. The number of likely N-dealkylation sites (tertiary alicyclic amines) is 1. The lowest BCUT2D eigenvalue weighted by atomic mass is 10.0. The topological polar surface area (TPSA) is 34.0 Å². The minimum Gasteiger partial charge on any atom is -0.345 e. The summed E-state index contributed by atoms with van der Waals surface area (Å²) in [5.41, 5.74) is 8.31. The number of nitrogens with zero attached hydrogens (tertiary/aromatic N) is 4. The lowest BCUT2D eigenvalue weighted by Crippen LogP contribution is -2.32. The predicted octanol–water partition coefficient (Wildman–Crippen LogP) is 5.36. The molecule has 5 rings (SSSR count). The summed E-state index contributed by atoms with van der Waals surface area (Å²) in [6.07, 6.45) is 11.3. The second-order valence-electron chi connectivity index (χ2n) is 8.88. The third kappa shape index (κ3) is 3.74. The van der Waals surface area contributed by atoms with Gasteiger partial charge in [-0.1, -0.05) is 12.1 Å². The molecule has 1 aromatic carbocycles. The van der Waals surface area contributed by atoms with E-state index in [9.17, 15) is 0 Å². The van der Waals surface area contributed by atoms with Crippen molar-refractivity contribution < 1.29 is 0 Å². The van der Waals surface area contributed by atoms with E-state index in [1.165, 1.54) is 61.3 Å². The Morgan fingerprint density at radius 3 is 2.52 bits per heavy atom. The van der Waals surface area contributed by atoms with E-state index in [4.69, 9.17) is 4.98 Å². The van der Waals surface area contributed by atoms with Crippen LogP contribution in [0.5, 0.6) is 0 Å². The van der Waals surface area contributed by atoms with Gasteiger partial charge in [-0.2, -0.15) is 0 Å². The van der Waals surface area contributed by atoms with Crippen LogP contribution in [0.15, 0.2) is 30.5 Å². The quantitative estimate of drug-likeness (QED) is 0.605. The minimum absolute atomic E-state index is 0.620. The van der Waals surface area contributed by atoms with Crippen LogP contribution in [-0.2, 0) is 0 Å². The molecule has 0 spiro atoms. The van der Waals surface area contributed by atoms with E-state index in [-0.39, 0.29) is 0 Å². The van der Waals surface area contributed by atoms with Gasteiger partial charge in [0.25, 0.3) is 0 Å². The molecule has 0 atom stereocenters. The van der Waals surface area contributed by atoms with Crippen molar-refractivity contribution in [3.05, 3.63) is 58.7 Å². The number of aryl methyl sites for hydroxylation is 1. The zero-order valence-electron chi connectivity index (χ0n) is 17.7. The summed E-state index contributed by atoms with van der Waals surface area (Å²) in [4.78, 5) is 11.9. The van der Waals surface area contributed by atoms with Gasteiger partial charge >= 0.3 is 0 Å². The molecule has 3 aromatic rings. The van der Waals surface area contributed by atoms with Crippen molar-refractivity contribution >= 4 is 23.2 Å². The largest absolute Gasteiger partial charge is 0.345 e. The van der Waals surface area contributed by atoms with Gasteiger partial charge in [0.1, 0.15) is 0 Å². The molecule has 4 nitrogen and oxygen atoms in total. The SMILES string of the molecule is Cc1cc(C=Cc2cnc3cc(C4CC4)ccc3n2)c(C)n1C1CCN(C)CC1. The first-order chi connectivity index (χ1) is 14.1. The molecular formula is C25H30N4. The van der Waals surface area contributed by atoms with E-state index in [2.05, 4.69) is 71.8 Å². The molecule has 1 saturated heterocycles. The second-order valence-corrected chi connectivity index (χ2v) is 8.88. The third-order valence-corrected chi connectivity index (χ3v) is 6.64. The van der Waals surface area contributed by atoms with E-state index in [1.807, 2.05) is 6.20 Å². The number of hydrogen-bond acceptors (Lipinski definition) is 3. The Labute approximate surface area is 173 Å². The Morgan fingerprint density at radius 1 is 0.966 bits per heavy atom. The summed E-state index contributed by atoms with van der Waals surface area (Å²) in [6, 6.07) is 9.48. The Balaban J connectivity index is 1.38. The molecule has 3 heterocycles. The van der Waals surface area contributed by atoms with Gasteiger partial charge in [0, 0.05) is 17.4 Å². The smallest absolute Gasteiger partial charge is 0.0894 e. The number of benzene rings is 1. The fourth-order valence-electron chi connectivity index (χ4n) is 4.75. The van der Waals surface area contributed by atoms with Crippen molar-refractivity contribution in [3.8, 4) is 0 Å². The minimum atomic E-state index is 0.620. The van der Waals surface area contributed by atoms with Gasteiger partial charge < -0.3 is 9.47 Å². The predicted molar refractivity (Wildman–Crippen MR) is 120 cm³/mol. The highest BCUT2D eigenvalue weighted by Crippen LogP contribution is 2.40. The standard InChI is InChI=1S/C25H30N4/c1-17-14-20(18(2)29(17)23-10-12-28(3)13-11-23)6-8-22-16-26-25-15-21(19-4-5-19)7-9-24(25)27-22/h6-9,14-16,19,23H,4-5,10-13H2,1-3H3. The maximum absolute atomic E-state index is 4.81. The zero-order valence-corrected chi connectivity index (χ0v) is 17.7. The van der Waals surface area contributed by atoms with Crippen LogP contribution in [0.1, 0.15) is 65.9 Å². The molecule has 1 aliphatic carbocycles. The van der Waals surface area contributed by atoms with Crippen molar-refractivity contribution in [2.45, 2.75) is 51.5 Å². The van der Waals surface area contributed by atoms with E-state index < -0.39 is 0 Å². The molecule has 2 aromatic heterocycles. The molecule has 0 N–H and O–H groups in total. The molecule has 2 fully saturated rings. The van der Waals surface area contributed by atoms with Gasteiger partial charge in [-0.15, -0.1) is 0 Å². The van der Waals surface area contributed by atoms with Crippen LogP contribution in [0.25, 0.3) is 23.2 Å². The third-order valence-electron chi connectivity index (χ3n) is 6.64. The van der Waals surface area contributed by atoms with Crippen LogP contribution >= 0.6 is 0 Å². The molecule has 4 heteroatoms. The summed E-state index contributed by atoms with van der Waals surface area (Å²) in [6.45, 7) is 6.84. The van der Waals surface area contributed by atoms with Crippen molar-refractivity contribution in [1.82, 2.24) is 19.4 Å². The van der Waals surface area contributed by atoms with Crippen LogP contribution in [-0.4, -0.2) is 39.6 Å². The molecule has 1 saturated carbocycles. The molecule has 29 heavy (non-hydrogen) atoms. The lowest BCUT2D eigenvalue weighted by molar-refractivity contribution is 0.218. The summed E-state index contributed by atoms with van der Waals surface area (Å²) in [7, 11) is 2.22. The molecule has 2 aliphatic rings. The van der Waals surface area contributed by atoms with E-state index in [0.29, 0.717) is 6.04 Å². The van der Waals surface area contributed by atoms with Crippen molar-refractivity contribution in [3.63, 3.8) is 0 Å². The number of rotatable bonds is 4. The average molecular weight is 387 g/mol. The van der Waals surface area contributed by atoms with Gasteiger partial charge in [0.2, 0.25) is 0 Å². The van der Waals surface area contributed by atoms with E-state index in [1.54, 1.807) is 0 Å². The molecule has 1 aliphatic heterocycles. The molecule has 0 unspecified atom stereocenters. The van der Waals surface area contributed by atoms with Crippen LogP contribution in [0.2, 0.25) is 0 Å². The van der Waals surface area contributed by atoms with Crippen molar-refractivity contribution in [2.24, 2.45) is 0 Å². The summed E-state index contributed by atoms with van der Waals surface area (Å²) < 4.78 is 2.54. The van der Waals surface area contributed by atoms with E-state index in [0.717, 1.165) is 22.6 Å². The fourth-order valence-corrected chi connectivity index (χ4v) is 4.75. The van der Waals surface area contributed by atoms with Gasteiger partial charge in [-0.25, -0.2) is 4.98 Å². The maximum atomic E-state index is 4.81. The molecule has 0 amide bonds. The van der Waals surface area contributed by atoms with Crippen LogP contribution in [0, 0.1) is 13.8 Å². The summed E-state index contributed by atoms with van der Waals surface area (Å²) >= 11 is 0. The Morgan fingerprint density at radius 2 is 1.76 bits per heavy atom. The Kier molecular flexibility index (Phi) is 4.75. The highest BCUT2D eigenvalue weighted by molar-refractivity contribution is 5.78. The first kappa shape index (κ1) is 18.6. The van der Waals surface area contributed by atoms with E-state index >= 15 is 0 Å². The number of hydrogen-bond donors (Lipinski definition) is 0. The van der Waals surface area contributed by atoms with Gasteiger partial charge in [0.05, 0.1) is 22.9 Å². The Bertz CT molecular complexity index is 1070. The monoisotopic (exact) mass is 386 g/mol. The van der Waals surface area contributed by atoms with Gasteiger partial charge in [-0.05, 0) is 101 Å². The van der Waals surface area contributed by atoms with Crippen molar-refractivity contribution in [2.75, 3.05) is 20.1 Å².